The van der Waals surface area contributed by atoms with E-state index in [-0.39, 0.29) is 0 Å². The molecule has 0 unspecified atom stereocenters. The highest BCUT2D eigenvalue weighted by Crippen LogP contribution is 2.41. The monoisotopic (exact) mass is 488 g/mol. The molecule has 0 nitrogen and oxygen atoms in total. The zero-order valence-corrected chi connectivity index (χ0v) is 18.3. The van der Waals surface area contributed by atoms with E-state index in [4.69, 9.17) is 0 Å². The van der Waals surface area contributed by atoms with E-state index < -0.39 is 0 Å². The fourth-order valence-electron chi connectivity index (χ4n) is 3.41. The summed E-state index contributed by atoms with van der Waals surface area (Å²) in [5.41, 5.74) is 7.11. The van der Waals surface area contributed by atoms with Gasteiger partial charge in [-0.05, 0) is 45.5 Å². The van der Waals surface area contributed by atoms with Gasteiger partial charge in [-0.3, -0.25) is 0 Å². The second kappa shape index (κ2) is 8.72. The Morgan fingerprint density at radius 1 is 0.393 bits per heavy atom. The Morgan fingerprint density at radius 3 is 1.14 bits per heavy atom. The maximum Gasteiger partial charge on any atom is 0.0254 e. The van der Waals surface area contributed by atoms with Crippen molar-refractivity contribution in [3.8, 4) is 0 Å². The Bertz CT molecular complexity index is 1020. The van der Waals surface area contributed by atoms with E-state index in [1.807, 2.05) is 0 Å². The summed E-state index contributed by atoms with van der Waals surface area (Å²) in [6.45, 7) is 0. The smallest absolute Gasteiger partial charge is 0.0254 e. The molecule has 0 aliphatic rings. The average molecular weight is 490 g/mol. The van der Waals surface area contributed by atoms with Gasteiger partial charge in [0.15, 0.2) is 0 Å². The number of halogens is 2. The van der Waals surface area contributed by atoms with Crippen LogP contribution in [0.4, 0.5) is 0 Å². The van der Waals surface area contributed by atoms with Crippen molar-refractivity contribution in [2.45, 2.75) is 0 Å². The molecule has 0 aromatic heterocycles. The van der Waals surface area contributed by atoms with Gasteiger partial charge in [-0.1, -0.05) is 129 Å². The Balaban J connectivity index is 2.16. The molecule has 4 aromatic carbocycles. The molecule has 0 spiro atoms. The quantitative estimate of drug-likeness (QED) is 0.253. The second-order valence-electron chi connectivity index (χ2n) is 6.44. The molecule has 0 aliphatic carbocycles. The first-order valence-electron chi connectivity index (χ1n) is 9.10. The molecule has 4 rings (SSSR count). The molecule has 0 heterocycles. The van der Waals surface area contributed by atoms with Crippen LogP contribution in [0.5, 0.6) is 0 Å². The predicted octanol–water partition coefficient (Wildman–Crippen LogP) is 8.22. The van der Waals surface area contributed by atoms with Gasteiger partial charge in [0.1, 0.15) is 0 Å². The van der Waals surface area contributed by atoms with E-state index >= 15 is 0 Å². The van der Waals surface area contributed by atoms with Gasteiger partial charge in [-0.25, -0.2) is 0 Å². The molecule has 2 heteroatoms. The third kappa shape index (κ3) is 3.89. The minimum Gasteiger partial charge on any atom is -0.0622 e. The molecule has 0 radical (unpaired) electrons. The lowest BCUT2D eigenvalue weighted by Crippen LogP contribution is -1.99. The maximum absolute atomic E-state index is 3.78. The zero-order chi connectivity index (χ0) is 19.3. The lowest BCUT2D eigenvalue weighted by molar-refractivity contribution is 1.47. The van der Waals surface area contributed by atoms with E-state index in [0.717, 1.165) is 20.1 Å². The maximum atomic E-state index is 3.78. The van der Waals surface area contributed by atoms with Crippen LogP contribution in [0.2, 0.25) is 0 Å². The van der Waals surface area contributed by atoms with Crippen LogP contribution in [0.1, 0.15) is 22.3 Å². The Hall–Kier alpha value is -2.42. The summed E-state index contributed by atoms with van der Waals surface area (Å²) in [5.74, 6) is 0. The third-order valence-corrected chi connectivity index (χ3v) is 6.04. The fourth-order valence-corrected chi connectivity index (χ4v) is 4.37. The van der Waals surface area contributed by atoms with Crippen molar-refractivity contribution >= 4 is 43.0 Å². The molecular formula is C26H18Br2. The standard InChI is InChI=1S/C26H18Br2/c27-23-17-9-7-15-21(23)26(22-16-8-10-18-24(22)28)25(19-11-3-1-4-12-19)20-13-5-2-6-14-20/h1-18H. The molecule has 0 amide bonds. The number of rotatable bonds is 4. The predicted molar refractivity (Wildman–Crippen MR) is 126 cm³/mol. The van der Waals surface area contributed by atoms with Crippen LogP contribution in [-0.2, 0) is 0 Å². The third-order valence-electron chi connectivity index (χ3n) is 4.66. The SMILES string of the molecule is Brc1ccccc1C(=C(c1ccccc1)c1ccccc1)c1ccccc1Br. The van der Waals surface area contributed by atoms with Gasteiger partial charge in [0.25, 0.3) is 0 Å². The van der Waals surface area contributed by atoms with Gasteiger partial charge in [-0.15, -0.1) is 0 Å². The number of benzene rings is 4. The lowest BCUT2D eigenvalue weighted by Gasteiger charge is -2.20. The fraction of sp³-hybridized carbons (Fsp3) is 0. The van der Waals surface area contributed by atoms with Crippen LogP contribution >= 0.6 is 31.9 Å². The van der Waals surface area contributed by atoms with Crippen molar-refractivity contribution in [2.75, 3.05) is 0 Å². The molecule has 0 aliphatic heterocycles. The summed E-state index contributed by atoms with van der Waals surface area (Å²) < 4.78 is 2.15. The minimum absolute atomic E-state index is 1.07. The Morgan fingerprint density at radius 2 is 0.750 bits per heavy atom. The number of hydrogen-bond acceptors (Lipinski definition) is 0. The first-order chi connectivity index (χ1) is 13.8. The summed E-state index contributed by atoms with van der Waals surface area (Å²) in [6, 6.07) is 38.0. The molecular weight excluding hydrogens is 472 g/mol. The van der Waals surface area contributed by atoms with Crippen LogP contribution in [0.25, 0.3) is 11.1 Å². The first kappa shape index (κ1) is 18.9. The van der Waals surface area contributed by atoms with E-state index in [2.05, 4.69) is 141 Å². The summed E-state index contributed by atoms with van der Waals surface area (Å²) in [7, 11) is 0. The van der Waals surface area contributed by atoms with Crippen molar-refractivity contribution < 1.29 is 0 Å². The van der Waals surface area contributed by atoms with Crippen molar-refractivity contribution in [3.63, 3.8) is 0 Å². The summed E-state index contributed by atoms with van der Waals surface area (Å²) in [4.78, 5) is 0. The molecule has 28 heavy (non-hydrogen) atoms. The topological polar surface area (TPSA) is 0 Å². The van der Waals surface area contributed by atoms with Crippen LogP contribution in [0, 0.1) is 0 Å². The molecule has 136 valence electrons. The van der Waals surface area contributed by atoms with Crippen molar-refractivity contribution in [1.29, 1.82) is 0 Å². The van der Waals surface area contributed by atoms with Gasteiger partial charge in [0.2, 0.25) is 0 Å². The minimum atomic E-state index is 1.07. The summed E-state index contributed by atoms with van der Waals surface area (Å²) in [5, 5.41) is 0. The first-order valence-corrected chi connectivity index (χ1v) is 10.7. The lowest BCUT2D eigenvalue weighted by atomic mass is 9.86. The highest BCUT2D eigenvalue weighted by atomic mass is 79.9. The zero-order valence-electron chi connectivity index (χ0n) is 15.1. The highest BCUT2D eigenvalue weighted by molar-refractivity contribution is 9.10. The Labute approximate surface area is 182 Å². The summed E-state index contributed by atoms with van der Waals surface area (Å²) >= 11 is 7.57. The number of hydrogen-bond donors (Lipinski definition) is 0. The van der Waals surface area contributed by atoms with Gasteiger partial charge in [0.05, 0.1) is 0 Å². The normalized spacial score (nSPS) is 10.5. The largest absolute Gasteiger partial charge is 0.0622 e. The van der Waals surface area contributed by atoms with Crippen LogP contribution < -0.4 is 0 Å². The van der Waals surface area contributed by atoms with Gasteiger partial charge in [0, 0.05) is 8.95 Å². The molecule has 0 saturated carbocycles. The molecule has 0 N–H and O–H groups in total. The van der Waals surface area contributed by atoms with Crippen molar-refractivity contribution in [3.05, 3.63) is 140 Å². The Kier molecular flexibility index (Phi) is 5.90. The van der Waals surface area contributed by atoms with Gasteiger partial charge >= 0.3 is 0 Å². The van der Waals surface area contributed by atoms with Crippen molar-refractivity contribution in [2.24, 2.45) is 0 Å². The van der Waals surface area contributed by atoms with Crippen LogP contribution in [-0.4, -0.2) is 0 Å². The molecule has 0 atom stereocenters. The molecule has 0 bridgehead atoms. The van der Waals surface area contributed by atoms with E-state index in [9.17, 15) is 0 Å². The summed E-state index contributed by atoms with van der Waals surface area (Å²) in [6.07, 6.45) is 0. The second-order valence-corrected chi connectivity index (χ2v) is 8.15. The van der Waals surface area contributed by atoms with E-state index in [1.54, 1.807) is 0 Å². The van der Waals surface area contributed by atoms with Gasteiger partial charge < -0.3 is 0 Å². The molecule has 4 aromatic rings. The van der Waals surface area contributed by atoms with Crippen LogP contribution in [0.15, 0.2) is 118 Å². The van der Waals surface area contributed by atoms with Crippen LogP contribution in [0.3, 0.4) is 0 Å². The van der Waals surface area contributed by atoms with E-state index in [0.29, 0.717) is 0 Å². The average Bonchev–Trinajstić information content (AvgIpc) is 2.75. The van der Waals surface area contributed by atoms with Crippen molar-refractivity contribution in [1.82, 2.24) is 0 Å². The molecule has 0 saturated heterocycles. The van der Waals surface area contributed by atoms with Gasteiger partial charge in [-0.2, -0.15) is 0 Å². The highest BCUT2D eigenvalue weighted by Gasteiger charge is 2.19. The molecule has 0 fully saturated rings. The van der Waals surface area contributed by atoms with E-state index in [1.165, 1.54) is 22.3 Å².